The second-order valence-electron chi connectivity index (χ2n) is 8.63. The Balaban J connectivity index is 1.42. The van der Waals surface area contributed by atoms with E-state index in [2.05, 4.69) is 25.9 Å². The fraction of sp³-hybridized carbons (Fsp3) is 0.231. The maximum atomic E-state index is 13.1. The van der Waals surface area contributed by atoms with Crippen molar-refractivity contribution in [3.63, 3.8) is 0 Å². The van der Waals surface area contributed by atoms with E-state index in [9.17, 15) is 14.4 Å². The lowest BCUT2D eigenvalue weighted by Gasteiger charge is -2.16. The first-order valence-corrected chi connectivity index (χ1v) is 13.0. The quantitative estimate of drug-likeness (QED) is 0.250. The van der Waals surface area contributed by atoms with E-state index < -0.39 is 23.9 Å². The number of methoxy groups -OCH3 is 1. The predicted molar refractivity (Wildman–Crippen MR) is 145 cm³/mol. The molecule has 1 aliphatic rings. The summed E-state index contributed by atoms with van der Waals surface area (Å²) in [5.74, 6) is -1.08. The maximum absolute atomic E-state index is 13.1. The number of thiazole rings is 1. The summed E-state index contributed by atoms with van der Waals surface area (Å²) in [6.07, 6.45) is -0.120. The van der Waals surface area contributed by atoms with E-state index in [-0.39, 0.29) is 5.69 Å². The number of carbonyl (C=O) groups excluding carboxylic acids is 3. The highest BCUT2D eigenvalue weighted by Crippen LogP contribution is 2.30. The number of H-pyrrole nitrogens is 1. The molecule has 0 bridgehead atoms. The number of benzene rings is 2. The van der Waals surface area contributed by atoms with Gasteiger partial charge in [-0.3, -0.25) is 9.59 Å². The summed E-state index contributed by atoms with van der Waals surface area (Å²) in [5, 5.41) is 10.6. The van der Waals surface area contributed by atoms with Gasteiger partial charge < -0.3 is 30.4 Å². The predicted octanol–water partition coefficient (Wildman–Crippen LogP) is 4.37. The van der Waals surface area contributed by atoms with Crippen LogP contribution in [-0.2, 0) is 22.5 Å². The number of aromatic nitrogens is 2. The molecule has 4 aromatic rings. The Morgan fingerprint density at radius 3 is 2.68 bits per heavy atom. The second-order valence-corrected chi connectivity index (χ2v) is 10.1. The van der Waals surface area contributed by atoms with Crippen molar-refractivity contribution in [3.05, 3.63) is 68.8 Å². The van der Waals surface area contributed by atoms with Crippen LogP contribution in [-0.4, -0.2) is 47.5 Å². The van der Waals surface area contributed by atoms with Crippen LogP contribution in [0.4, 0.5) is 11.4 Å². The summed E-state index contributed by atoms with van der Waals surface area (Å²) in [4.78, 5) is 46.7. The fourth-order valence-electron chi connectivity index (χ4n) is 4.04. The van der Waals surface area contributed by atoms with Crippen molar-refractivity contribution >= 4 is 63.0 Å². The lowest BCUT2D eigenvalue weighted by Crippen LogP contribution is -2.25. The Morgan fingerprint density at radius 2 is 1.89 bits per heavy atom. The monoisotopic (exact) mass is 553 g/mol. The zero-order chi connectivity index (χ0) is 26.8. The molecule has 0 saturated heterocycles. The van der Waals surface area contributed by atoms with Crippen molar-refractivity contribution in [1.29, 1.82) is 0 Å². The van der Waals surface area contributed by atoms with Gasteiger partial charge in [0.15, 0.2) is 11.1 Å². The molecule has 5 rings (SSSR count). The van der Waals surface area contributed by atoms with Gasteiger partial charge in [0.2, 0.25) is 0 Å². The number of amides is 2. The average molecular weight is 554 g/mol. The summed E-state index contributed by atoms with van der Waals surface area (Å²) < 4.78 is 10.4. The first-order valence-electron chi connectivity index (χ1n) is 11.8. The number of fused-ring (bicyclic) bond motifs is 2. The zero-order valence-corrected chi connectivity index (χ0v) is 22.1. The minimum atomic E-state index is -0.875. The molecule has 12 heteroatoms. The number of nitrogens with one attached hydrogen (secondary N) is 4. The van der Waals surface area contributed by atoms with Crippen LogP contribution >= 0.6 is 22.9 Å². The molecule has 2 aromatic heterocycles. The molecule has 0 fully saturated rings. The van der Waals surface area contributed by atoms with Crippen molar-refractivity contribution in [2.45, 2.75) is 26.0 Å². The van der Waals surface area contributed by atoms with Crippen molar-refractivity contribution in [2.75, 3.05) is 24.3 Å². The summed E-state index contributed by atoms with van der Waals surface area (Å²) in [5.41, 5.74) is 2.61. The number of esters is 1. The van der Waals surface area contributed by atoms with Crippen molar-refractivity contribution in [2.24, 2.45) is 0 Å². The molecule has 38 heavy (non-hydrogen) atoms. The van der Waals surface area contributed by atoms with Crippen LogP contribution < -0.4 is 20.7 Å². The largest absolute Gasteiger partial charge is 0.479 e. The third kappa shape index (κ3) is 5.49. The molecular formula is C26H24ClN5O5S. The molecule has 1 atom stereocenters. The van der Waals surface area contributed by atoms with Gasteiger partial charge in [-0.1, -0.05) is 11.6 Å². The van der Waals surface area contributed by atoms with E-state index in [1.165, 1.54) is 24.5 Å². The summed E-state index contributed by atoms with van der Waals surface area (Å²) in [7, 11) is 1.27. The standard InChI is InChI=1S/C26H24ClN5O5S/c1-13(26(35)36-2)37-16-4-6-18(30-23(33)21-10-14-9-15(27)3-5-17(14)29-21)20(11-16)31-24(34)25-32-19-7-8-28-12-22(19)38-25/h3-6,9-11,13,28-29H,7-8,12H2,1-2H3,(H,30,33)(H,31,34). The molecule has 0 saturated carbocycles. The summed E-state index contributed by atoms with van der Waals surface area (Å²) in [6.45, 7) is 3.04. The third-order valence-corrected chi connectivity index (χ3v) is 7.29. The molecule has 10 nitrogen and oxygen atoms in total. The van der Waals surface area contributed by atoms with Crippen molar-refractivity contribution < 1.29 is 23.9 Å². The number of aromatic amines is 1. The lowest BCUT2D eigenvalue weighted by atomic mass is 10.2. The molecule has 2 aromatic carbocycles. The first kappa shape index (κ1) is 25.7. The Kier molecular flexibility index (Phi) is 7.32. The third-order valence-electron chi connectivity index (χ3n) is 5.96. The van der Waals surface area contributed by atoms with E-state index >= 15 is 0 Å². The van der Waals surface area contributed by atoms with Crippen LogP contribution in [0.2, 0.25) is 5.02 Å². The normalized spacial score (nSPS) is 13.4. The van der Waals surface area contributed by atoms with Gasteiger partial charge in [-0.05, 0) is 43.3 Å². The van der Waals surface area contributed by atoms with Gasteiger partial charge in [0.05, 0.1) is 24.2 Å². The number of rotatable bonds is 7. The Morgan fingerprint density at radius 1 is 1.08 bits per heavy atom. The number of hydrogen-bond donors (Lipinski definition) is 4. The first-order chi connectivity index (χ1) is 18.3. The zero-order valence-electron chi connectivity index (χ0n) is 20.5. The van der Waals surface area contributed by atoms with Gasteiger partial charge >= 0.3 is 5.97 Å². The maximum Gasteiger partial charge on any atom is 0.346 e. The van der Waals surface area contributed by atoms with E-state index in [1.54, 1.807) is 43.3 Å². The summed E-state index contributed by atoms with van der Waals surface area (Å²) in [6, 6.07) is 11.7. The van der Waals surface area contributed by atoms with E-state index in [0.29, 0.717) is 33.7 Å². The minimum Gasteiger partial charge on any atom is -0.479 e. The molecule has 196 valence electrons. The molecule has 2 amide bonds. The number of hydrogen-bond acceptors (Lipinski definition) is 8. The van der Waals surface area contributed by atoms with Gasteiger partial charge in [0, 0.05) is 46.4 Å². The van der Waals surface area contributed by atoms with Crippen LogP contribution in [0.15, 0.2) is 42.5 Å². The molecular weight excluding hydrogens is 530 g/mol. The van der Waals surface area contributed by atoms with Crippen molar-refractivity contribution in [1.82, 2.24) is 15.3 Å². The van der Waals surface area contributed by atoms with E-state index in [1.807, 2.05) is 0 Å². The molecule has 0 spiro atoms. The Bertz CT molecular complexity index is 1520. The van der Waals surface area contributed by atoms with Crippen LogP contribution in [0.3, 0.4) is 0 Å². The van der Waals surface area contributed by atoms with Crippen LogP contribution in [0.5, 0.6) is 5.75 Å². The van der Waals surface area contributed by atoms with Crippen LogP contribution in [0.1, 0.15) is 37.8 Å². The number of halogens is 1. The fourth-order valence-corrected chi connectivity index (χ4v) is 5.19. The smallest absolute Gasteiger partial charge is 0.346 e. The SMILES string of the molecule is COC(=O)C(C)Oc1ccc(NC(=O)c2cc3cc(Cl)ccc3[nH]2)c(NC(=O)c2nc3c(s2)CNCC3)c1. The minimum absolute atomic E-state index is 0.281. The number of anilines is 2. The Hall–Kier alpha value is -3.93. The number of nitrogens with zero attached hydrogens (tertiary/aromatic N) is 1. The average Bonchev–Trinajstić information content (AvgIpc) is 3.53. The van der Waals surface area contributed by atoms with Gasteiger partial charge in [-0.25, -0.2) is 9.78 Å². The van der Waals surface area contributed by atoms with E-state index in [4.69, 9.17) is 21.1 Å². The van der Waals surface area contributed by atoms with Gasteiger partial charge in [-0.2, -0.15) is 0 Å². The van der Waals surface area contributed by atoms with Gasteiger partial charge in [-0.15, -0.1) is 11.3 Å². The molecule has 1 unspecified atom stereocenters. The summed E-state index contributed by atoms with van der Waals surface area (Å²) >= 11 is 7.39. The van der Waals surface area contributed by atoms with Crippen LogP contribution in [0, 0.1) is 0 Å². The number of carbonyl (C=O) groups is 3. The lowest BCUT2D eigenvalue weighted by molar-refractivity contribution is -0.147. The molecule has 0 radical (unpaired) electrons. The molecule has 1 aliphatic heterocycles. The molecule has 4 N–H and O–H groups in total. The van der Waals surface area contributed by atoms with Gasteiger partial charge in [0.25, 0.3) is 11.8 Å². The topological polar surface area (TPSA) is 134 Å². The van der Waals surface area contributed by atoms with Crippen molar-refractivity contribution in [3.8, 4) is 5.75 Å². The highest BCUT2D eigenvalue weighted by molar-refractivity contribution is 7.13. The highest BCUT2D eigenvalue weighted by atomic mass is 35.5. The second kappa shape index (κ2) is 10.8. The number of ether oxygens (including phenoxy) is 2. The molecule has 3 heterocycles. The molecule has 0 aliphatic carbocycles. The highest BCUT2D eigenvalue weighted by Gasteiger charge is 2.22. The Labute approximate surface area is 226 Å². The van der Waals surface area contributed by atoms with E-state index in [0.717, 1.165) is 34.4 Å². The van der Waals surface area contributed by atoms with Gasteiger partial charge in [0.1, 0.15) is 11.4 Å². The van der Waals surface area contributed by atoms with Crippen LogP contribution in [0.25, 0.3) is 10.9 Å².